The molecule has 0 radical (unpaired) electrons. The third-order valence-electron chi connectivity index (χ3n) is 4.46. The van der Waals surface area contributed by atoms with E-state index in [0.717, 1.165) is 35.1 Å². The smallest absolute Gasteiger partial charge is 0.123 e. The highest BCUT2D eigenvalue weighted by molar-refractivity contribution is 9.10. The Morgan fingerprint density at radius 3 is 2.87 bits per heavy atom. The number of aryl methyl sites for hydroxylation is 1. The predicted molar refractivity (Wildman–Crippen MR) is 94.1 cm³/mol. The van der Waals surface area contributed by atoms with E-state index < -0.39 is 0 Å². The van der Waals surface area contributed by atoms with Crippen molar-refractivity contribution < 1.29 is 9.13 Å². The molecule has 2 aromatic carbocycles. The van der Waals surface area contributed by atoms with Crippen LogP contribution in [0.5, 0.6) is 0 Å². The fourth-order valence-corrected chi connectivity index (χ4v) is 3.61. The molecule has 3 rings (SSSR count). The van der Waals surface area contributed by atoms with E-state index in [0.29, 0.717) is 6.61 Å². The number of rotatable bonds is 4. The molecule has 23 heavy (non-hydrogen) atoms. The molecule has 2 aromatic rings. The molecule has 0 amide bonds. The van der Waals surface area contributed by atoms with Crippen LogP contribution in [0.3, 0.4) is 0 Å². The van der Waals surface area contributed by atoms with E-state index in [1.165, 1.54) is 5.56 Å². The number of benzene rings is 2. The molecule has 2 atom stereocenters. The van der Waals surface area contributed by atoms with Gasteiger partial charge in [-0.25, -0.2) is 4.39 Å². The van der Waals surface area contributed by atoms with E-state index in [1.54, 1.807) is 12.1 Å². The molecule has 0 aromatic heterocycles. The molecule has 4 heteroatoms. The van der Waals surface area contributed by atoms with Gasteiger partial charge in [-0.2, -0.15) is 0 Å². The average molecular weight is 378 g/mol. The molecule has 122 valence electrons. The molecule has 1 aliphatic rings. The summed E-state index contributed by atoms with van der Waals surface area (Å²) in [4.78, 5) is 0. The standard InChI is InChI=1S/C19H21BrFNO/c1-13-10-15(21)6-7-16(13)17-11-22-9-8-19(17)23-12-14-4-2-3-5-18(14)20/h2-7,10,17,19,22H,8-9,11-12H2,1H3. The SMILES string of the molecule is Cc1cc(F)ccc1C1CNCCC1OCc1ccccc1Br. The molecule has 1 aliphatic heterocycles. The Morgan fingerprint density at radius 1 is 1.26 bits per heavy atom. The molecule has 0 saturated carbocycles. The molecular weight excluding hydrogens is 357 g/mol. The van der Waals surface area contributed by atoms with Gasteiger partial charge in [-0.15, -0.1) is 0 Å². The summed E-state index contributed by atoms with van der Waals surface area (Å²) >= 11 is 3.57. The van der Waals surface area contributed by atoms with Gasteiger partial charge in [-0.1, -0.05) is 40.2 Å². The first-order valence-electron chi connectivity index (χ1n) is 7.97. The van der Waals surface area contributed by atoms with Gasteiger partial charge in [0, 0.05) is 16.9 Å². The quantitative estimate of drug-likeness (QED) is 0.842. The minimum atomic E-state index is -0.180. The average Bonchev–Trinajstić information content (AvgIpc) is 2.55. The van der Waals surface area contributed by atoms with Gasteiger partial charge < -0.3 is 10.1 Å². The molecule has 1 N–H and O–H groups in total. The topological polar surface area (TPSA) is 21.3 Å². The Hall–Kier alpha value is -1.23. The zero-order chi connectivity index (χ0) is 16.2. The molecule has 2 unspecified atom stereocenters. The summed E-state index contributed by atoms with van der Waals surface area (Å²) in [7, 11) is 0. The van der Waals surface area contributed by atoms with Crippen molar-refractivity contribution in [3.8, 4) is 0 Å². The van der Waals surface area contributed by atoms with E-state index in [2.05, 4.69) is 27.3 Å². The van der Waals surface area contributed by atoms with Crippen molar-refractivity contribution in [2.24, 2.45) is 0 Å². The third kappa shape index (κ3) is 4.00. The number of halogens is 2. The van der Waals surface area contributed by atoms with Crippen LogP contribution in [-0.2, 0) is 11.3 Å². The fraction of sp³-hybridized carbons (Fsp3) is 0.368. The summed E-state index contributed by atoms with van der Waals surface area (Å²) < 4.78 is 20.7. The van der Waals surface area contributed by atoms with E-state index in [4.69, 9.17) is 4.74 Å². The Kier molecular flexibility index (Phi) is 5.46. The van der Waals surface area contributed by atoms with Crippen molar-refractivity contribution in [2.45, 2.75) is 32.0 Å². The van der Waals surface area contributed by atoms with Crippen LogP contribution in [0.1, 0.15) is 29.0 Å². The summed E-state index contributed by atoms with van der Waals surface area (Å²) in [5.74, 6) is 0.0764. The fourth-order valence-electron chi connectivity index (χ4n) is 3.21. The van der Waals surface area contributed by atoms with E-state index in [-0.39, 0.29) is 17.8 Å². The number of hydrogen-bond acceptors (Lipinski definition) is 2. The van der Waals surface area contributed by atoms with Gasteiger partial charge in [-0.3, -0.25) is 0 Å². The maximum Gasteiger partial charge on any atom is 0.123 e. The minimum Gasteiger partial charge on any atom is -0.373 e. The van der Waals surface area contributed by atoms with E-state index in [1.807, 2.05) is 31.2 Å². The van der Waals surface area contributed by atoms with Crippen molar-refractivity contribution in [3.05, 3.63) is 69.4 Å². The second kappa shape index (κ2) is 7.56. The lowest BCUT2D eigenvalue weighted by atomic mass is 9.86. The Balaban J connectivity index is 1.75. The van der Waals surface area contributed by atoms with Gasteiger partial charge in [0.25, 0.3) is 0 Å². The van der Waals surface area contributed by atoms with Crippen LogP contribution in [0.25, 0.3) is 0 Å². The lowest BCUT2D eigenvalue weighted by Crippen LogP contribution is -2.40. The van der Waals surface area contributed by atoms with Crippen LogP contribution in [0.2, 0.25) is 0 Å². The first-order valence-corrected chi connectivity index (χ1v) is 8.76. The van der Waals surface area contributed by atoms with Crippen LogP contribution in [0, 0.1) is 12.7 Å². The second-order valence-corrected chi connectivity index (χ2v) is 6.90. The molecule has 1 fully saturated rings. The first-order chi connectivity index (χ1) is 11.1. The molecular formula is C19H21BrFNO. The van der Waals surface area contributed by atoms with Crippen LogP contribution in [0.4, 0.5) is 4.39 Å². The summed E-state index contributed by atoms with van der Waals surface area (Å²) in [5, 5.41) is 3.43. The summed E-state index contributed by atoms with van der Waals surface area (Å²) in [6.07, 6.45) is 1.11. The van der Waals surface area contributed by atoms with Crippen LogP contribution < -0.4 is 5.32 Å². The predicted octanol–water partition coefficient (Wildman–Crippen LogP) is 4.56. The normalized spacial score (nSPS) is 21.3. The van der Waals surface area contributed by atoms with Crippen LogP contribution in [0.15, 0.2) is 46.9 Å². The third-order valence-corrected chi connectivity index (χ3v) is 5.23. The van der Waals surface area contributed by atoms with Crippen molar-refractivity contribution in [3.63, 3.8) is 0 Å². The first kappa shape index (κ1) is 16.6. The highest BCUT2D eigenvalue weighted by Crippen LogP contribution is 2.30. The maximum atomic E-state index is 13.4. The Labute approximate surface area is 145 Å². The number of hydrogen-bond donors (Lipinski definition) is 1. The lowest BCUT2D eigenvalue weighted by molar-refractivity contribution is 0.00653. The monoisotopic (exact) mass is 377 g/mol. The number of ether oxygens (including phenoxy) is 1. The zero-order valence-electron chi connectivity index (χ0n) is 13.2. The maximum absolute atomic E-state index is 13.4. The molecule has 1 saturated heterocycles. The molecule has 1 heterocycles. The van der Waals surface area contributed by atoms with Gasteiger partial charge in [0.05, 0.1) is 12.7 Å². The minimum absolute atomic E-state index is 0.146. The van der Waals surface area contributed by atoms with Crippen molar-refractivity contribution in [1.29, 1.82) is 0 Å². The summed E-state index contributed by atoms with van der Waals surface area (Å²) in [6.45, 7) is 4.38. The van der Waals surface area contributed by atoms with Gasteiger partial charge >= 0.3 is 0 Å². The number of piperidine rings is 1. The van der Waals surface area contributed by atoms with Gasteiger partial charge in [0.15, 0.2) is 0 Å². The largest absolute Gasteiger partial charge is 0.373 e. The van der Waals surface area contributed by atoms with Gasteiger partial charge in [-0.05, 0) is 54.8 Å². The van der Waals surface area contributed by atoms with Crippen molar-refractivity contribution >= 4 is 15.9 Å². The van der Waals surface area contributed by atoms with E-state index in [9.17, 15) is 4.39 Å². The molecule has 2 nitrogen and oxygen atoms in total. The lowest BCUT2D eigenvalue weighted by Gasteiger charge is -2.33. The zero-order valence-corrected chi connectivity index (χ0v) is 14.8. The van der Waals surface area contributed by atoms with Crippen molar-refractivity contribution in [2.75, 3.05) is 13.1 Å². The summed E-state index contributed by atoms with van der Waals surface area (Å²) in [5.41, 5.74) is 3.32. The molecule has 0 spiro atoms. The van der Waals surface area contributed by atoms with Crippen LogP contribution in [-0.4, -0.2) is 19.2 Å². The van der Waals surface area contributed by atoms with Gasteiger partial charge in [0.2, 0.25) is 0 Å². The Morgan fingerprint density at radius 2 is 2.09 bits per heavy atom. The molecule has 0 aliphatic carbocycles. The molecule has 0 bridgehead atoms. The number of nitrogens with one attached hydrogen (secondary N) is 1. The Bertz CT molecular complexity index is 676. The highest BCUT2D eigenvalue weighted by atomic mass is 79.9. The van der Waals surface area contributed by atoms with E-state index >= 15 is 0 Å². The summed E-state index contributed by atoms with van der Waals surface area (Å²) in [6, 6.07) is 13.2. The highest BCUT2D eigenvalue weighted by Gasteiger charge is 2.28. The van der Waals surface area contributed by atoms with Crippen molar-refractivity contribution in [1.82, 2.24) is 5.32 Å². The van der Waals surface area contributed by atoms with Crippen LogP contribution >= 0.6 is 15.9 Å². The second-order valence-electron chi connectivity index (χ2n) is 6.04. The van der Waals surface area contributed by atoms with Gasteiger partial charge in [0.1, 0.15) is 5.82 Å².